The number of hydrogen-bond acceptors (Lipinski definition) is 3. The van der Waals surface area contributed by atoms with Crippen molar-refractivity contribution in [3.63, 3.8) is 0 Å². The molecule has 3 nitrogen and oxygen atoms in total. The molecular weight excluding hydrogens is 212 g/mol. The van der Waals surface area contributed by atoms with E-state index in [4.69, 9.17) is 10.5 Å². The molecule has 3 heteroatoms. The molecule has 0 radical (unpaired) electrons. The van der Waals surface area contributed by atoms with Crippen molar-refractivity contribution in [1.29, 1.82) is 0 Å². The van der Waals surface area contributed by atoms with Gasteiger partial charge in [-0.3, -0.25) is 0 Å². The molecule has 0 unspecified atom stereocenters. The minimum atomic E-state index is 0.728. The normalized spacial score (nSPS) is 10.2. The highest BCUT2D eigenvalue weighted by atomic mass is 16.5. The lowest BCUT2D eigenvalue weighted by Crippen LogP contribution is -2.08. The third kappa shape index (κ3) is 6.17. The highest BCUT2D eigenvalue weighted by Gasteiger charge is 1.95. The van der Waals surface area contributed by atoms with Gasteiger partial charge in [0.05, 0.1) is 6.61 Å². The van der Waals surface area contributed by atoms with Crippen LogP contribution in [0.15, 0.2) is 24.3 Å². The Morgan fingerprint density at radius 3 is 2.53 bits per heavy atom. The predicted molar refractivity (Wildman–Crippen MR) is 73.6 cm³/mol. The number of nitrogens with two attached hydrogens (primary N) is 1. The summed E-state index contributed by atoms with van der Waals surface area (Å²) in [5.74, 6) is 0.950. The Morgan fingerprint density at radius 2 is 1.88 bits per heavy atom. The Morgan fingerprint density at radius 1 is 1.12 bits per heavy atom. The third-order valence-corrected chi connectivity index (χ3v) is 2.58. The fourth-order valence-electron chi connectivity index (χ4n) is 1.55. The van der Waals surface area contributed by atoms with Gasteiger partial charge in [0, 0.05) is 12.2 Å². The van der Waals surface area contributed by atoms with Gasteiger partial charge >= 0.3 is 0 Å². The van der Waals surface area contributed by atoms with Crippen LogP contribution in [0, 0.1) is 0 Å². The molecule has 0 aliphatic heterocycles. The lowest BCUT2D eigenvalue weighted by atomic mass is 10.2. The summed E-state index contributed by atoms with van der Waals surface area (Å²) in [6, 6.07) is 8.12. The molecule has 0 saturated heterocycles. The molecule has 17 heavy (non-hydrogen) atoms. The first kappa shape index (κ1) is 13.8. The van der Waals surface area contributed by atoms with Crippen LogP contribution in [0.4, 0.5) is 5.69 Å². The van der Waals surface area contributed by atoms with E-state index in [-0.39, 0.29) is 0 Å². The standard InChI is InChI=1S/C14H24N2O/c1-2-3-4-12-17-14-8-6-13(7-9-14)16-11-5-10-15/h6-9,16H,2-5,10-12,15H2,1H3. The van der Waals surface area contributed by atoms with Crippen LogP contribution < -0.4 is 15.8 Å². The minimum Gasteiger partial charge on any atom is -0.494 e. The first-order chi connectivity index (χ1) is 8.36. The van der Waals surface area contributed by atoms with Gasteiger partial charge in [0.2, 0.25) is 0 Å². The van der Waals surface area contributed by atoms with Crippen molar-refractivity contribution >= 4 is 5.69 Å². The van der Waals surface area contributed by atoms with E-state index in [9.17, 15) is 0 Å². The van der Waals surface area contributed by atoms with Crippen molar-refractivity contribution < 1.29 is 4.74 Å². The van der Waals surface area contributed by atoms with Gasteiger partial charge in [0.1, 0.15) is 5.75 Å². The summed E-state index contributed by atoms with van der Waals surface area (Å²) in [7, 11) is 0. The zero-order valence-corrected chi connectivity index (χ0v) is 10.7. The van der Waals surface area contributed by atoms with Gasteiger partial charge in [-0.25, -0.2) is 0 Å². The summed E-state index contributed by atoms with van der Waals surface area (Å²) in [6.07, 6.45) is 4.59. The summed E-state index contributed by atoms with van der Waals surface area (Å²) < 4.78 is 5.64. The van der Waals surface area contributed by atoms with Crippen LogP contribution in [-0.4, -0.2) is 19.7 Å². The van der Waals surface area contributed by atoms with E-state index in [2.05, 4.69) is 12.2 Å². The van der Waals surface area contributed by atoms with Gasteiger partial charge in [-0.1, -0.05) is 19.8 Å². The van der Waals surface area contributed by atoms with Gasteiger partial charge in [-0.2, -0.15) is 0 Å². The first-order valence-corrected chi connectivity index (χ1v) is 6.53. The van der Waals surface area contributed by atoms with Crippen LogP contribution in [0.5, 0.6) is 5.75 Å². The van der Waals surface area contributed by atoms with E-state index in [1.807, 2.05) is 24.3 Å². The SMILES string of the molecule is CCCCCOc1ccc(NCCCN)cc1. The van der Waals surface area contributed by atoms with Crippen LogP contribution in [0.25, 0.3) is 0 Å². The topological polar surface area (TPSA) is 47.3 Å². The molecule has 0 aliphatic carbocycles. The van der Waals surface area contributed by atoms with Crippen LogP contribution in [0.2, 0.25) is 0 Å². The Hall–Kier alpha value is -1.22. The maximum atomic E-state index is 5.64. The number of anilines is 1. The van der Waals surface area contributed by atoms with Crippen molar-refractivity contribution in [2.45, 2.75) is 32.6 Å². The molecule has 96 valence electrons. The maximum Gasteiger partial charge on any atom is 0.119 e. The number of nitrogens with one attached hydrogen (secondary N) is 1. The van der Waals surface area contributed by atoms with E-state index in [1.54, 1.807) is 0 Å². The van der Waals surface area contributed by atoms with Crippen LogP contribution in [-0.2, 0) is 0 Å². The maximum absolute atomic E-state index is 5.64. The minimum absolute atomic E-state index is 0.728. The number of benzene rings is 1. The second-order valence-electron chi connectivity index (χ2n) is 4.15. The smallest absolute Gasteiger partial charge is 0.119 e. The average molecular weight is 236 g/mol. The fourth-order valence-corrected chi connectivity index (χ4v) is 1.55. The van der Waals surface area contributed by atoms with Crippen molar-refractivity contribution in [1.82, 2.24) is 0 Å². The van der Waals surface area contributed by atoms with Crippen molar-refractivity contribution in [3.05, 3.63) is 24.3 Å². The molecule has 0 saturated carbocycles. The van der Waals surface area contributed by atoms with E-state index in [1.165, 1.54) is 12.8 Å². The second kappa shape index (κ2) is 8.88. The number of rotatable bonds is 9. The highest BCUT2D eigenvalue weighted by molar-refractivity contribution is 5.46. The van der Waals surface area contributed by atoms with E-state index in [0.29, 0.717) is 0 Å². The van der Waals surface area contributed by atoms with Crippen molar-refractivity contribution in [2.24, 2.45) is 5.73 Å². The van der Waals surface area contributed by atoms with Crippen molar-refractivity contribution in [2.75, 3.05) is 25.0 Å². The van der Waals surface area contributed by atoms with E-state index in [0.717, 1.165) is 44.0 Å². The van der Waals surface area contributed by atoms with Gasteiger partial charge in [0.25, 0.3) is 0 Å². The van der Waals surface area contributed by atoms with Crippen LogP contribution in [0.3, 0.4) is 0 Å². The first-order valence-electron chi connectivity index (χ1n) is 6.53. The summed E-state index contributed by atoms with van der Waals surface area (Å²) in [5.41, 5.74) is 6.56. The van der Waals surface area contributed by atoms with E-state index >= 15 is 0 Å². The molecule has 0 heterocycles. The molecule has 0 amide bonds. The monoisotopic (exact) mass is 236 g/mol. The van der Waals surface area contributed by atoms with Gasteiger partial charge in [-0.05, 0) is 43.7 Å². The second-order valence-corrected chi connectivity index (χ2v) is 4.15. The molecule has 0 fully saturated rings. The molecule has 0 spiro atoms. The summed E-state index contributed by atoms with van der Waals surface area (Å²) in [6.45, 7) is 4.66. The molecule has 1 aromatic rings. The number of ether oxygens (including phenoxy) is 1. The average Bonchev–Trinajstić information content (AvgIpc) is 2.37. The Balaban J connectivity index is 2.24. The quantitative estimate of drug-likeness (QED) is 0.648. The third-order valence-electron chi connectivity index (χ3n) is 2.58. The lowest BCUT2D eigenvalue weighted by Gasteiger charge is -2.08. The largest absolute Gasteiger partial charge is 0.494 e. The molecule has 1 aromatic carbocycles. The zero-order chi connectivity index (χ0) is 12.3. The number of hydrogen-bond donors (Lipinski definition) is 2. The summed E-state index contributed by atoms with van der Waals surface area (Å²) >= 11 is 0. The molecular formula is C14H24N2O. The molecule has 0 bridgehead atoms. The van der Waals surface area contributed by atoms with Gasteiger partial charge in [-0.15, -0.1) is 0 Å². The Bertz CT molecular complexity index is 285. The summed E-state index contributed by atoms with van der Waals surface area (Å²) in [4.78, 5) is 0. The Labute approximate surface area is 104 Å². The molecule has 1 rings (SSSR count). The van der Waals surface area contributed by atoms with Gasteiger partial charge in [0.15, 0.2) is 0 Å². The summed E-state index contributed by atoms with van der Waals surface area (Å²) in [5, 5.41) is 3.31. The predicted octanol–water partition coefficient (Wildman–Crippen LogP) is 3.02. The molecule has 0 aromatic heterocycles. The van der Waals surface area contributed by atoms with Crippen LogP contribution in [0.1, 0.15) is 32.6 Å². The van der Waals surface area contributed by atoms with Crippen molar-refractivity contribution in [3.8, 4) is 5.75 Å². The van der Waals surface area contributed by atoms with E-state index < -0.39 is 0 Å². The number of unbranched alkanes of at least 4 members (excludes halogenated alkanes) is 2. The molecule has 0 aliphatic rings. The zero-order valence-electron chi connectivity index (χ0n) is 10.7. The van der Waals surface area contributed by atoms with Crippen LogP contribution >= 0.6 is 0 Å². The molecule has 0 atom stereocenters. The lowest BCUT2D eigenvalue weighted by molar-refractivity contribution is 0.306. The highest BCUT2D eigenvalue weighted by Crippen LogP contribution is 2.16. The fraction of sp³-hybridized carbons (Fsp3) is 0.571. The van der Waals surface area contributed by atoms with Gasteiger partial charge < -0.3 is 15.8 Å². The Kier molecular flexibility index (Phi) is 7.23. The molecule has 3 N–H and O–H groups in total.